The van der Waals surface area contributed by atoms with Crippen LogP contribution in [0.25, 0.3) is 11.3 Å². The summed E-state index contributed by atoms with van der Waals surface area (Å²) < 4.78 is 55.2. The topological polar surface area (TPSA) is 79.8 Å². The number of hydrogen-bond donors (Lipinski definition) is 1. The van der Waals surface area contributed by atoms with E-state index < -0.39 is 23.4 Å². The summed E-state index contributed by atoms with van der Waals surface area (Å²) in [4.78, 5) is 24.3. The van der Waals surface area contributed by atoms with Crippen LogP contribution in [0.15, 0.2) is 36.5 Å². The molecule has 0 bridgehead atoms. The molecule has 2 aliphatic rings. The maximum atomic E-state index is 14.9. The lowest BCUT2D eigenvalue weighted by atomic mass is 10.1. The second kappa shape index (κ2) is 10.3. The fourth-order valence-corrected chi connectivity index (χ4v) is 4.44. The first-order valence-electron chi connectivity index (χ1n) is 12.0. The second-order valence-electron chi connectivity index (χ2n) is 9.06. The van der Waals surface area contributed by atoms with Gasteiger partial charge in [0.05, 0.1) is 37.2 Å². The molecule has 3 heterocycles. The average molecular weight is 514 g/mol. The minimum Gasteiger partial charge on any atom is -0.486 e. The molecular formula is C26H26F3N5O3. The van der Waals surface area contributed by atoms with Gasteiger partial charge in [0.25, 0.3) is 5.91 Å². The van der Waals surface area contributed by atoms with E-state index in [0.29, 0.717) is 45.1 Å². The number of anilines is 3. The molecule has 2 aliphatic heterocycles. The van der Waals surface area contributed by atoms with Crippen molar-refractivity contribution in [3.63, 3.8) is 0 Å². The molecule has 0 radical (unpaired) electrons. The van der Waals surface area contributed by atoms with Crippen LogP contribution in [-0.4, -0.2) is 66.3 Å². The van der Waals surface area contributed by atoms with Gasteiger partial charge in [-0.3, -0.25) is 4.79 Å². The molecule has 1 fully saturated rings. The van der Waals surface area contributed by atoms with E-state index in [9.17, 15) is 18.0 Å². The molecule has 0 aliphatic carbocycles. The van der Waals surface area contributed by atoms with E-state index in [-0.39, 0.29) is 40.2 Å². The van der Waals surface area contributed by atoms with Crippen molar-refractivity contribution < 1.29 is 27.4 Å². The standard InChI is InChI=1S/C26H26F3N5O3/c1-15(2)34-7-10-37-24-20(28)11-16(12-22(24)34)23-21(29)14-30-26(32-23)31-17-3-4-18(19(27)13-17)25(35)33-5-8-36-9-6-33/h3-4,11-15H,5-10H2,1-2H3,(H,30,31,32). The smallest absolute Gasteiger partial charge is 0.256 e. The third-order valence-electron chi connectivity index (χ3n) is 6.31. The fraction of sp³-hybridized carbons (Fsp3) is 0.346. The Morgan fingerprint density at radius 3 is 2.51 bits per heavy atom. The van der Waals surface area contributed by atoms with Crippen molar-refractivity contribution in [1.82, 2.24) is 14.9 Å². The van der Waals surface area contributed by atoms with Gasteiger partial charge in [-0.05, 0) is 44.2 Å². The van der Waals surface area contributed by atoms with Crippen molar-refractivity contribution in [3.8, 4) is 17.0 Å². The predicted molar refractivity (Wildman–Crippen MR) is 132 cm³/mol. The number of nitrogens with one attached hydrogen (secondary N) is 1. The highest BCUT2D eigenvalue weighted by Gasteiger charge is 2.26. The lowest BCUT2D eigenvalue weighted by Crippen LogP contribution is -2.41. The number of nitrogens with zero attached hydrogens (tertiary/aromatic N) is 4. The molecule has 0 saturated carbocycles. The first kappa shape index (κ1) is 24.8. The van der Waals surface area contributed by atoms with E-state index in [1.54, 1.807) is 6.07 Å². The Kier molecular flexibility index (Phi) is 6.88. The Morgan fingerprint density at radius 1 is 1.00 bits per heavy atom. The lowest BCUT2D eigenvalue weighted by Gasteiger charge is -2.34. The summed E-state index contributed by atoms with van der Waals surface area (Å²) in [6.45, 7) is 6.50. The molecule has 194 valence electrons. The number of hydrogen-bond acceptors (Lipinski definition) is 7. The Morgan fingerprint density at radius 2 is 1.78 bits per heavy atom. The van der Waals surface area contributed by atoms with Gasteiger partial charge >= 0.3 is 0 Å². The summed E-state index contributed by atoms with van der Waals surface area (Å²) in [5.41, 5.74) is 0.826. The molecule has 3 aromatic rings. The fourth-order valence-electron chi connectivity index (χ4n) is 4.44. The Balaban J connectivity index is 1.41. The van der Waals surface area contributed by atoms with E-state index in [0.717, 1.165) is 12.3 Å². The normalized spacial score (nSPS) is 15.4. The van der Waals surface area contributed by atoms with Crippen molar-refractivity contribution in [2.24, 2.45) is 0 Å². The van der Waals surface area contributed by atoms with Crippen LogP contribution < -0.4 is 15.0 Å². The molecule has 0 atom stereocenters. The summed E-state index contributed by atoms with van der Waals surface area (Å²) in [7, 11) is 0. The van der Waals surface area contributed by atoms with Crippen molar-refractivity contribution in [2.45, 2.75) is 19.9 Å². The molecule has 5 rings (SSSR count). The maximum Gasteiger partial charge on any atom is 0.256 e. The van der Waals surface area contributed by atoms with Crippen molar-refractivity contribution in [2.75, 3.05) is 49.7 Å². The van der Waals surface area contributed by atoms with Gasteiger partial charge in [-0.25, -0.2) is 23.1 Å². The van der Waals surface area contributed by atoms with Gasteiger partial charge in [0.2, 0.25) is 5.95 Å². The molecule has 1 saturated heterocycles. The van der Waals surface area contributed by atoms with Gasteiger partial charge in [-0.15, -0.1) is 0 Å². The molecule has 1 amide bonds. The number of carbonyl (C=O) groups excluding carboxylic acids is 1. The van der Waals surface area contributed by atoms with E-state index in [1.807, 2.05) is 18.7 Å². The van der Waals surface area contributed by atoms with Crippen molar-refractivity contribution in [3.05, 3.63) is 59.5 Å². The molecule has 2 aromatic carbocycles. The van der Waals surface area contributed by atoms with Crippen LogP contribution in [0.3, 0.4) is 0 Å². The number of aromatic nitrogens is 2. The van der Waals surface area contributed by atoms with Crippen molar-refractivity contribution >= 4 is 23.2 Å². The number of amides is 1. The molecule has 0 unspecified atom stereocenters. The highest BCUT2D eigenvalue weighted by atomic mass is 19.1. The third kappa shape index (κ3) is 5.04. The van der Waals surface area contributed by atoms with Crippen LogP contribution in [0.1, 0.15) is 24.2 Å². The number of fused-ring (bicyclic) bond motifs is 1. The van der Waals surface area contributed by atoms with Crippen LogP contribution in [0.2, 0.25) is 0 Å². The average Bonchev–Trinajstić information content (AvgIpc) is 2.89. The number of halogens is 3. The Bertz CT molecular complexity index is 1330. The van der Waals surface area contributed by atoms with Crippen LogP contribution in [0.5, 0.6) is 5.75 Å². The molecule has 11 heteroatoms. The number of morpholine rings is 1. The van der Waals surface area contributed by atoms with E-state index in [1.165, 1.54) is 23.1 Å². The zero-order chi connectivity index (χ0) is 26.1. The van der Waals surface area contributed by atoms with Crippen molar-refractivity contribution in [1.29, 1.82) is 0 Å². The van der Waals surface area contributed by atoms with Gasteiger partial charge in [-0.2, -0.15) is 0 Å². The first-order chi connectivity index (χ1) is 17.8. The van der Waals surface area contributed by atoms with Crippen LogP contribution in [-0.2, 0) is 4.74 Å². The molecule has 1 N–H and O–H groups in total. The molecule has 0 spiro atoms. The quantitative estimate of drug-likeness (QED) is 0.542. The van der Waals surface area contributed by atoms with Gasteiger partial charge in [0.15, 0.2) is 17.4 Å². The summed E-state index contributed by atoms with van der Waals surface area (Å²) in [5.74, 6) is -2.38. The zero-order valence-corrected chi connectivity index (χ0v) is 20.4. The van der Waals surface area contributed by atoms with Gasteiger partial charge in [0.1, 0.15) is 18.1 Å². The van der Waals surface area contributed by atoms with Gasteiger partial charge < -0.3 is 24.6 Å². The minimum absolute atomic E-state index is 0.0156. The predicted octanol–water partition coefficient (Wildman–Crippen LogP) is 4.38. The van der Waals surface area contributed by atoms with Crippen LogP contribution >= 0.6 is 0 Å². The van der Waals surface area contributed by atoms with E-state index >= 15 is 0 Å². The molecule has 1 aromatic heterocycles. The Hall–Kier alpha value is -3.86. The minimum atomic E-state index is -0.740. The number of benzene rings is 2. The molecular weight excluding hydrogens is 487 g/mol. The monoisotopic (exact) mass is 513 g/mol. The third-order valence-corrected chi connectivity index (χ3v) is 6.31. The number of rotatable bonds is 5. The zero-order valence-electron chi connectivity index (χ0n) is 20.4. The first-order valence-corrected chi connectivity index (χ1v) is 12.0. The highest BCUT2D eigenvalue weighted by Crippen LogP contribution is 2.39. The van der Waals surface area contributed by atoms with Gasteiger partial charge in [-0.1, -0.05) is 0 Å². The van der Waals surface area contributed by atoms with E-state index in [4.69, 9.17) is 9.47 Å². The SMILES string of the molecule is CC(C)N1CCOc2c(F)cc(-c3nc(Nc4ccc(C(=O)N5CCOCC5)c(F)c4)ncc3F)cc21. The lowest BCUT2D eigenvalue weighted by molar-refractivity contribution is 0.0300. The number of ether oxygens (including phenoxy) is 2. The van der Waals surface area contributed by atoms with Crippen LogP contribution in [0.4, 0.5) is 30.5 Å². The Labute approximate surface area is 212 Å². The number of carbonyl (C=O) groups is 1. The van der Waals surface area contributed by atoms with Gasteiger partial charge in [0, 0.05) is 30.4 Å². The summed E-state index contributed by atoms with van der Waals surface area (Å²) in [6, 6.07) is 6.93. The second-order valence-corrected chi connectivity index (χ2v) is 9.06. The largest absolute Gasteiger partial charge is 0.486 e. The molecule has 8 nitrogen and oxygen atoms in total. The highest BCUT2D eigenvalue weighted by molar-refractivity contribution is 5.95. The van der Waals surface area contributed by atoms with Crippen LogP contribution in [0, 0.1) is 17.5 Å². The van der Waals surface area contributed by atoms with E-state index in [2.05, 4.69) is 15.3 Å². The maximum absolute atomic E-state index is 14.9. The summed E-state index contributed by atoms with van der Waals surface area (Å²) in [6.07, 6.45) is 0.964. The summed E-state index contributed by atoms with van der Waals surface area (Å²) in [5, 5.41) is 2.83. The summed E-state index contributed by atoms with van der Waals surface area (Å²) >= 11 is 0. The molecule has 37 heavy (non-hydrogen) atoms.